The number of allylic oxidation sites excluding steroid dienone is 1. The standard InChI is InChI=1S/C25H23F7O/c1-2-3-4-13-5-7-16-14(9-13)6-8-17-18(16)12-19(26)22(23(17)29)15-10-20(27)24(21(28)11-15)33-25(30,31)32/h2,10-14,16H,1,3-9H2/t13-,14-,16+/m1/s1. The monoisotopic (exact) mass is 472 g/mol. The summed E-state index contributed by atoms with van der Waals surface area (Å²) in [6, 6.07) is 2.13. The van der Waals surface area contributed by atoms with Crippen LogP contribution in [0.4, 0.5) is 30.7 Å². The maximum Gasteiger partial charge on any atom is 0.573 e. The Morgan fingerprint density at radius 2 is 1.67 bits per heavy atom. The summed E-state index contributed by atoms with van der Waals surface area (Å²) in [7, 11) is 0. The van der Waals surface area contributed by atoms with E-state index in [4.69, 9.17) is 0 Å². The molecule has 4 rings (SSSR count). The van der Waals surface area contributed by atoms with Crippen LogP contribution in [0.25, 0.3) is 11.1 Å². The van der Waals surface area contributed by atoms with Crippen molar-refractivity contribution in [2.75, 3.05) is 0 Å². The van der Waals surface area contributed by atoms with E-state index in [0.29, 0.717) is 41.5 Å². The molecule has 2 aromatic rings. The molecule has 0 heterocycles. The average molecular weight is 472 g/mol. The molecule has 33 heavy (non-hydrogen) atoms. The highest BCUT2D eigenvalue weighted by atomic mass is 19.4. The summed E-state index contributed by atoms with van der Waals surface area (Å²) in [6.07, 6.45) is 2.41. The number of rotatable bonds is 5. The summed E-state index contributed by atoms with van der Waals surface area (Å²) in [5.41, 5.74) is -0.269. The zero-order chi connectivity index (χ0) is 23.9. The van der Waals surface area contributed by atoms with Crippen molar-refractivity contribution >= 4 is 0 Å². The fraction of sp³-hybridized carbons (Fsp3) is 0.440. The molecule has 8 heteroatoms. The first-order chi connectivity index (χ1) is 15.6. The smallest absolute Gasteiger partial charge is 0.399 e. The van der Waals surface area contributed by atoms with E-state index in [1.54, 1.807) is 0 Å². The van der Waals surface area contributed by atoms with E-state index >= 15 is 8.78 Å². The van der Waals surface area contributed by atoms with Crippen LogP contribution in [0.5, 0.6) is 5.75 Å². The lowest BCUT2D eigenvalue weighted by molar-refractivity contribution is -0.276. The Morgan fingerprint density at radius 1 is 0.970 bits per heavy atom. The minimum absolute atomic E-state index is 0.0165. The third-order valence-corrected chi connectivity index (χ3v) is 6.89. The molecular formula is C25H23F7O. The van der Waals surface area contributed by atoms with Crippen molar-refractivity contribution in [2.24, 2.45) is 11.8 Å². The second-order valence-electron chi connectivity index (χ2n) is 8.88. The summed E-state index contributed by atoms with van der Waals surface area (Å²) >= 11 is 0. The predicted octanol–water partition coefficient (Wildman–Crippen LogP) is 8.22. The molecule has 1 nitrogen and oxygen atoms in total. The van der Waals surface area contributed by atoms with Crippen LogP contribution in [-0.2, 0) is 6.42 Å². The van der Waals surface area contributed by atoms with E-state index in [9.17, 15) is 22.0 Å². The van der Waals surface area contributed by atoms with Gasteiger partial charge in [0.1, 0.15) is 11.6 Å². The maximum absolute atomic E-state index is 15.4. The van der Waals surface area contributed by atoms with Crippen molar-refractivity contribution < 1.29 is 35.5 Å². The Morgan fingerprint density at radius 3 is 2.30 bits per heavy atom. The summed E-state index contributed by atoms with van der Waals surface area (Å²) in [4.78, 5) is 0. The number of alkyl halides is 3. The van der Waals surface area contributed by atoms with E-state index < -0.39 is 46.5 Å². The molecule has 1 saturated carbocycles. The molecule has 3 atom stereocenters. The molecule has 2 aliphatic carbocycles. The first kappa shape index (κ1) is 23.6. The molecule has 0 aliphatic heterocycles. The first-order valence-corrected chi connectivity index (χ1v) is 11.0. The van der Waals surface area contributed by atoms with Crippen LogP contribution in [-0.4, -0.2) is 6.36 Å². The van der Waals surface area contributed by atoms with Gasteiger partial charge in [0.15, 0.2) is 11.6 Å². The van der Waals surface area contributed by atoms with Crippen LogP contribution in [0, 0.1) is 35.1 Å². The van der Waals surface area contributed by atoms with Gasteiger partial charge in [-0.25, -0.2) is 17.6 Å². The van der Waals surface area contributed by atoms with E-state index in [-0.39, 0.29) is 5.92 Å². The molecule has 0 saturated heterocycles. The zero-order valence-corrected chi connectivity index (χ0v) is 17.8. The molecule has 0 unspecified atom stereocenters. The van der Waals surface area contributed by atoms with Crippen LogP contribution in [0.3, 0.4) is 0 Å². The van der Waals surface area contributed by atoms with Gasteiger partial charge in [-0.3, -0.25) is 0 Å². The Labute approximate surface area is 187 Å². The molecule has 0 amide bonds. The second kappa shape index (κ2) is 9.03. The fourth-order valence-electron chi connectivity index (χ4n) is 5.48. The van der Waals surface area contributed by atoms with Crippen molar-refractivity contribution in [1.29, 1.82) is 0 Å². The third kappa shape index (κ3) is 4.75. The molecular weight excluding hydrogens is 449 g/mol. The van der Waals surface area contributed by atoms with Crippen molar-refractivity contribution in [3.63, 3.8) is 0 Å². The zero-order valence-electron chi connectivity index (χ0n) is 17.8. The van der Waals surface area contributed by atoms with Gasteiger partial charge in [-0.15, -0.1) is 19.8 Å². The Bertz CT molecular complexity index is 1040. The highest BCUT2D eigenvalue weighted by molar-refractivity contribution is 5.68. The highest BCUT2D eigenvalue weighted by Crippen LogP contribution is 2.50. The SMILES string of the molecule is C=CCC[C@@H]1CC[C@@H]2c3cc(F)c(-c4cc(F)c(OC(F)(F)F)c(F)c4)c(F)c3CC[C@@H]2C1. The summed E-state index contributed by atoms with van der Waals surface area (Å²) in [5, 5.41) is 0. The Kier molecular flexibility index (Phi) is 6.47. The molecule has 0 radical (unpaired) electrons. The lowest BCUT2D eigenvalue weighted by Crippen LogP contribution is -2.29. The Hall–Kier alpha value is -2.51. The van der Waals surface area contributed by atoms with Gasteiger partial charge in [-0.1, -0.05) is 6.08 Å². The van der Waals surface area contributed by atoms with Crippen LogP contribution in [0.1, 0.15) is 55.6 Å². The highest BCUT2D eigenvalue weighted by Gasteiger charge is 2.38. The lowest BCUT2D eigenvalue weighted by atomic mass is 9.64. The van der Waals surface area contributed by atoms with Crippen LogP contribution >= 0.6 is 0 Å². The lowest BCUT2D eigenvalue weighted by Gasteiger charge is -2.41. The Balaban J connectivity index is 1.67. The predicted molar refractivity (Wildman–Crippen MR) is 110 cm³/mol. The largest absolute Gasteiger partial charge is 0.573 e. The maximum atomic E-state index is 15.4. The van der Waals surface area contributed by atoms with E-state index in [1.165, 1.54) is 6.07 Å². The number of ether oxygens (including phenoxy) is 1. The fourth-order valence-corrected chi connectivity index (χ4v) is 5.48. The van der Waals surface area contributed by atoms with Crippen LogP contribution < -0.4 is 4.74 Å². The van der Waals surface area contributed by atoms with Crippen molar-refractivity contribution in [3.05, 3.63) is 65.2 Å². The van der Waals surface area contributed by atoms with Gasteiger partial charge in [0, 0.05) is 0 Å². The molecule has 0 spiro atoms. The molecule has 0 bridgehead atoms. The molecule has 0 N–H and O–H groups in total. The van der Waals surface area contributed by atoms with Crippen LogP contribution in [0.2, 0.25) is 0 Å². The van der Waals surface area contributed by atoms with Gasteiger partial charge >= 0.3 is 6.36 Å². The number of hydrogen-bond donors (Lipinski definition) is 0. The number of fused-ring (bicyclic) bond motifs is 3. The van der Waals surface area contributed by atoms with E-state index in [0.717, 1.165) is 38.5 Å². The van der Waals surface area contributed by atoms with Gasteiger partial charge in [-0.05, 0) is 97.6 Å². The number of halogens is 7. The van der Waals surface area contributed by atoms with E-state index in [2.05, 4.69) is 11.3 Å². The molecule has 2 aliphatic rings. The third-order valence-electron chi connectivity index (χ3n) is 6.89. The van der Waals surface area contributed by atoms with Crippen LogP contribution in [0.15, 0.2) is 30.9 Å². The minimum Gasteiger partial charge on any atom is -0.399 e. The van der Waals surface area contributed by atoms with Gasteiger partial charge in [0.05, 0.1) is 5.56 Å². The van der Waals surface area contributed by atoms with Gasteiger partial charge in [0.2, 0.25) is 5.75 Å². The van der Waals surface area contributed by atoms with Gasteiger partial charge in [-0.2, -0.15) is 0 Å². The average Bonchev–Trinajstić information content (AvgIpc) is 2.74. The topological polar surface area (TPSA) is 9.23 Å². The summed E-state index contributed by atoms with van der Waals surface area (Å²) in [5.74, 6) is -6.08. The molecule has 2 aromatic carbocycles. The van der Waals surface area contributed by atoms with Crippen molar-refractivity contribution in [3.8, 4) is 16.9 Å². The van der Waals surface area contributed by atoms with Crippen molar-refractivity contribution in [1.82, 2.24) is 0 Å². The number of hydrogen-bond acceptors (Lipinski definition) is 1. The molecule has 178 valence electrons. The molecule has 1 fully saturated rings. The molecule has 0 aromatic heterocycles. The minimum atomic E-state index is -5.31. The normalized spacial score (nSPS) is 22.5. The number of benzene rings is 2. The first-order valence-electron chi connectivity index (χ1n) is 11.0. The summed E-state index contributed by atoms with van der Waals surface area (Å²) < 4.78 is 99.3. The second-order valence-corrected chi connectivity index (χ2v) is 8.88. The van der Waals surface area contributed by atoms with E-state index in [1.807, 2.05) is 6.08 Å². The van der Waals surface area contributed by atoms with Gasteiger partial charge in [0.25, 0.3) is 0 Å². The van der Waals surface area contributed by atoms with Gasteiger partial charge < -0.3 is 4.74 Å². The van der Waals surface area contributed by atoms with Crippen molar-refractivity contribution in [2.45, 2.75) is 57.2 Å². The quantitative estimate of drug-likeness (QED) is 0.315. The summed E-state index contributed by atoms with van der Waals surface area (Å²) in [6.45, 7) is 3.75.